The van der Waals surface area contributed by atoms with Crippen molar-refractivity contribution in [1.82, 2.24) is 5.32 Å². The second kappa shape index (κ2) is 11.3. The van der Waals surface area contributed by atoms with Gasteiger partial charge in [-0.1, -0.05) is 30.0 Å². The molecule has 0 saturated heterocycles. The minimum Gasteiger partial charge on any atom is -0.466 e. The van der Waals surface area contributed by atoms with Gasteiger partial charge in [0.25, 0.3) is 0 Å². The summed E-state index contributed by atoms with van der Waals surface area (Å²) in [4.78, 5) is 36.3. The van der Waals surface area contributed by atoms with Gasteiger partial charge in [-0.2, -0.15) is 0 Å². The predicted octanol–water partition coefficient (Wildman–Crippen LogP) is 2.29. The SMILES string of the molecule is CCOC(=O)C[C@@H](NC(=O)C=CSc1ccccc1)C(=O)OCC. The zero-order valence-corrected chi connectivity index (χ0v) is 14.5. The van der Waals surface area contributed by atoms with Gasteiger partial charge in [0, 0.05) is 11.0 Å². The van der Waals surface area contributed by atoms with Crippen molar-refractivity contribution in [2.75, 3.05) is 13.2 Å². The Morgan fingerprint density at radius 2 is 1.79 bits per heavy atom. The Bertz CT molecular complexity index is 574. The number of amides is 1. The number of hydrogen-bond acceptors (Lipinski definition) is 6. The molecular weight excluding hydrogens is 330 g/mol. The number of nitrogens with one attached hydrogen (secondary N) is 1. The van der Waals surface area contributed by atoms with Crippen molar-refractivity contribution in [2.24, 2.45) is 0 Å². The van der Waals surface area contributed by atoms with E-state index in [0.717, 1.165) is 4.90 Å². The topological polar surface area (TPSA) is 81.7 Å². The molecule has 0 aliphatic rings. The smallest absolute Gasteiger partial charge is 0.329 e. The molecule has 0 heterocycles. The molecule has 0 fully saturated rings. The highest BCUT2D eigenvalue weighted by Crippen LogP contribution is 2.17. The van der Waals surface area contributed by atoms with Crippen molar-refractivity contribution in [3.63, 3.8) is 0 Å². The van der Waals surface area contributed by atoms with E-state index in [9.17, 15) is 14.4 Å². The fraction of sp³-hybridized carbons (Fsp3) is 0.353. The average molecular weight is 351 g/mol. The Morgan fingerprint density at radius 3 is 2.42 bits per heavy atom. The van der Waals surface area contributed by atoms with Gasteiger partial charge in [0.2, 0.25) is 5.91 Å². The van der Waals surface area contributed by atoms with Crippen molar-refractivity contribution >= 4 is 29.6 Å². The van der Waals surface area contributed by atoms with Crippen LogP contribution in [-0.2, 0) is 23.9 Å². The minimum atomic E-state index is -1.07. The summed E-state index contributed by atoms with van der Waals surface area (Å²) in [6.07, 6.45) is 1.03. The fourth-order valence-corrected chi connectivity index (χ4v) is 2.38. The maximum Gasteiger partial charge on any atom is 0.329 e. The number of rotatable bonds is 9. The Morgan fingerprint density at radius 1 is 1.12 bits per heavy atom. The van der Waals surface area contributed by atoms with Crippen molar-refractivity contribution in [3.05, 3.63) is 41.8 Å². The van der Waals surface area contributed by atoms with E-state index < -0.39 is 23.9 Å². The molecule has 0 aliphatic carbocycles. The van der Waals surface area contributed by atoms with Crippen molar-refractivity contribution in [3.8, 4) is 0 Å². The summed E-state index contributed by atoms with van der Waals surface area (Å²) in [5.41, 5.74) is 0. The molecule has 130 valence electrons. The first-order valence-electron chi connectivity index (χ1n) is 7.57. The first-order valence-corrected chi connectivity index (χ1v) is 8.45. The van der Waals surface area contributed by atoms with Crippen LogP contribution in [-0.4, -0.2) is 37.1 Å². The number of esters is 2. The Balaban J connectivity index is 2.58. The lowest BCUT2D eigenvalue weighted by atomic mass is 10.2. The van der Waals surface area contributed by atoms with Crippen LogP contribution in [0.25, 0.3) is 0 Å². The molecule has 0 unspecified atom stereocenters. The van der Waals surface area contributed by atoms with Gasteiger partial charge < -0.3 is 14.8 Å². The predicted molar refractivity (Wildman–Crippen MR) is 91.3 cm³/mol. The van der Waals surface area contributed by atoms with Crippen LogP contribution in [0.15, 0.2) is 46.7 Å². The van der Waals surface area contributed by atoms with Crippen LogP contribution in [0.5, 0.6) is 0 Å². The Labute approximate surface area is 145 Å². The third-order valence-corrected chi connectivity index (χ3v) is 3.55. The van der Waals surface area contributed by atoms with E-state index in [1.807, 2.05) is 30.3 Å². The molecule has 6 nitrogen and oxygen atoms in total. The van der Waals surface area contributed by atoms with Crippen molar-refractivity contribution < 1.29 is 23.9 Å². The molecule has 24 heavy (non-hydrogen) atoms. The van der Waals surface area contributed by atoms with Crippen molar-refractivity contribution in [1.29, 1.82) is 0 Å². The summed E-state index contributed by atoms with van der Waals surface area (Å²) in [7, 11) is 0. The Hall–Kier alpha value is -2.28. The van der Waals surface area contributed by atoms with Crippen LogP contribution in [0.2, 0.25) is 0 Å². The number of carbonyl (C=O) groups excluding carboxylic acids is 3. The van der Waals surface area contributed by atoms with Crippen LogP contribution in [0.1, 0.15) is 20.3 Å². The number of carbonyl (C=O) groups is 3. The van der Waals surface area contributed by atoms with E-state index in [-0.39, 0.29) is 19.6 Å². The van der Waals surface area contributed by atoms with E-state index in [4.69, 9.17) is 9.47 Å². The van der Waals surface area contributed by atoms with E-state index in [2.05, 4.69) is 5.32 Å². The molecule has 0 aliphatic heterocycles. The van der Waals surface area contributed by atoms with Crippen LogP contribution >= 0.6 is 11.8 Å². The fourth-order valence-electron chi connectivity index (χ4n) is 1.72. The largest absolute Gasteiger partial charge is 0.466 e. The number of benzene rings is 1. The monoisotopic (exact) mass is 351 g/mol. The summed E-state index contributed by atoms with van der Waals surface area (Å²) >= 11 is 1.37. The molecule has 0 aromatic heterocycles. The lowest BCUT2D eigenvalue weighted by molar-refractivity contribution is -0.153. The molecule has 0 saturated carbocycles. The molecular formula is C17H21NO5S. The molecule has 0 radical (unpaired) electrons. The molecule has 0 spiro atoms. The molecule has 7 heteroatoms. The van der Waals surface area contributed by atoms with E-state index in [0.29, 0.717) is 0 Å². The quantitative estimate of drug-likeness (QED) is 0.418. The maximum absolute atomic E-state index is 11.9. The lowest BCUT2D eigenvalue weighted by Crippen LogP contribution is -2.42. The van der Waals surface area contributed by atoms with E-state index in [1.54, 1.807) is 19.3 Å². The normalized spacial score (nSPS) is 11.8. The Kier molecular flexibility index (Phi) is 9.29. The summed E-state index contributed by atoms with van der Waals surface area (Å²) in [6, 6.07) is 8.45. The van der Waals surface area contributed by atoms with Crippen molar-refractivity contribution in [2.45, 2.75) is 31.2 Å². The van der Waals surface area contributed by atoms with Crippen LogP contribution in [0.4, 0.5) is 0 Å². The zero-order valence-electron chi connectivity index (χ0n) is 13.7. The highest BCUT2D eigenvalue weighted by Gasteiger charge is 2.25. The van der Waals surface area contributed by atoms with Gasteiger partial charge in [-0.25, -0.2) is 4.79 Å². The first-order chi connectivity index (χ1) is 11.6. The highest BCUT2D eigenvalue weighted by molar-refractivity contribution is 8.02. The number of thioether (sulfide) groups is 1. The van der Waals surface area contributed by atoms with E-state index in [1.165, 1.54) is 17.8 Å². The van der Waals surface area contributed by atoms with Gasteiger partial charge in [-0.15, -0.1) is 0 Å². The van der Waals surface area contributed by atoms with Crippen LogP contribution in [0.3, 0.4) is 0 Å². The maximum atomic E-state index is 11.9. The highest BCUT2D eigenvalue weighted by atomic mass is 32.2. The van der Waals surface area contributed by atoms with Gasteiger partial charge in [0.1, 0.15) is 6.04 Å². The summed E-state index contributed by atoms with van der Waals surface area (Å²) < 4.78 is 9.67. The first kappa shape index (κ1) is 19.8. The second-order valence-electron chi connectivity index (χ2n) is 4.56. The molecule has 0 bridgehead atoms. The van der Waals surface area contributed by atoms with Gasteiger partial charge in [-0.3, -0.25) is 9.59 Å². The van der Waals surface area contributed by atoms with Gasteiger partial charge in [0.05, 0.1) is 19.6 Å². The summed E-state index contributed by atoms with van der Waals surface area (Å²) in [5.74, 6) is -1.72. The zero-order chi connectivity index (χ0) is 17.8. The lowest BCUT2D eigenvalue weighted by Gasteiger charge is -2.15. The minimum absolute atomic E-state index is 0.160. The second-order valence-corrected chi connectivity index (χ2v) is 5.54. The molecule has 1 rings (SSSR count). The number of hydrogen-bond donors (Lipinski definition) is 1. The molecule has 1 N–H and O–H groups in total. The molecule has 1 amide bonds. The standard InChI is InChI=1S/C17H21NO5S/c1-3-22-16(20)12-14(17(21)23-4-2)18-15(19)10-11-24-13-8-6-5-7-9-13/h5-11,14H,3-4,12H2,1-2H3,(H,18,19)/t14-/m1/s1. The average Bonchev–Trinajstić information content (AvgIpc) is 2.55. The third-order valence-electron chi connectivity index (χ3n) is 2.73. The summed E-state index contributed by atoms with van der Waals surface area (Å²) in [5, 5.41) is 4.07. The number of ether oxygens (including phenoxy) is 2. The van der Waals surface area contributed by atoms with Gasteiger partial charge >= 0.3 is 11.9 Å². The molecule has 1 aromatic rings. The molecule has 1 aromatic carbocycles. The summed E-state index contributed by atoms with van der Waals surface area (Å²) in [6.45, 7) is 3.68. The van der Waals surface area contributed by atoms with Crippen LogP contribution in [0, 0.1) is 0 Å². The van der Waals surface area contributed by atoms with Gasteiger partial charge in [0.15, 0.2) is 0 Å². The van der Waals surface area contributed by atoms with E-state index >= 15 is 0 Å². The van der Waals surface area contributed by atoms with Crippen LogP contribution < -0.4 is 5.32 Å². The van der Waals surface area contributed by atoms with Gasteiger partial charge in [-0.05, 0) is 31.4 Å². The molecule has 1 atom stereocenters. The third kappa shape index (κ3) is 7.82.